The van der Waals surface area contributed by atoms with Crippen molar-refractivity contribution in [3.05, 3.63) is 15.9 Å². The molecule has 1 rings (SSSR count). The second kappa shape index (κ2) is 6.03. The molecular weight excluding hydrogens is 289 g/mol. The standard InChI is InChI=1S/C11H19BrClN3/c1-5-16-10(11(12)9(3)14-16)7-15(4)8(2)6-13/h8H,5-7H2,1-4H3. The second-order valence-corrected chi connectivity index (χ2v) is 5.18. The number of rotatable bonds is 5. The molecule has 0 aliphatic rings. The molecule has 0 spiro atoms. The van der Waals surface area contributed by atoms with E-state index in [-0.39, 0.29) is 0 Å². The number of aryl methyl sites for hydroxylation is 2. The van der Waals surface area contributed by atoms with Crippen LogP contribution in [-0.4, -0.2) is 33.6 Å². The van der Waals surface area contributed by atoms with Crippen molar-refractivity contribution in [3.63, 3.8) is 0 Å². The number of halogens is 2. The number of nitrogens with zero attached hydrogens (tertiary/aromatic N) is 3. The van der Waals surface area contributed by atoms with Crippen LogP contribution >= 0.6 is 27.5 Å². The van der Waals surface area contributed by atoms with Crippen molar-refractivity contribution in [2.24, 2.45) is 0 Å². The highest BCUT2D eigenvalue weighted by Gasteiger charge is 2.16. The average molecular weight is 309 g/mol. The van der Waals surface area contributed by atoms with E-state index in [4.69, 9.17) is 11.6 Å². The fourth-order valence-corrected chi connectivity index (χ4v) is 2.17. The largest absolute Gasteiger partial charge is 0.297 e. The van der Waals surface area contributed by atoms with Gasteiger partial charge in [0.15, 0.2) is 0 Å². The molecule has 0 amide bonds. The first-order chi connectivity index (χ1) is 7.51. The summed E-state index contributed by atoms with van der Waals surface area (Å²) in [5.74, 6) is 0.646. The van der Waals surface area contributed by atoms with Crippen LogP contribution in [0.25, 0.3) is 0 Å². The van der Waals surface area contributed by atoms with Crippen LogP contribution in [0.4, 0.5) is 0 Å². The van der Waals surface area contributed by atoms with Crippen molar-refractivity contribution < 1.29 is 0 Å². The van der Waals surface area contributed by atoms with E-state index in [1.807, 2.05) is 11.6 Å². The lowest BCUT2D eigenvalue weighted by molar-refractivity contribution is 0.259. The summed E-state index contributed by atoms with van der Waals surface area (Å²) >= 11 is 9.45. The Morgan fingerprint density at radius 2 is 2.19 bits per heavy atom. The molecule has 3 nitrogen and oxygen atoms in total. The molecule has 0 aliphatic heterocycles. The smallest absolute Gasteiger partial charge is 0.0739 e. The minimum absolute atomic E-state index is 0.370. The number of aromatic nitrogens is 2. The molecule has 0 fully saturated rings. The highest BCUT2D eigenvalue weighted by molar-refractivity contribution is 9.10. The van der Waals surface area contributed by atoms with Gasteiger partial charge in [-0.2, -0.15) is 5.10 Å². The van der Waals surface area contributed by atoms with Crippen molar-refractivity contribution in [2.45, 2.75) is 39.9 Å². The molecule has 5 heteroatoms. The van der Waals surface area contributed by atoms with E-state index < -0.39 is 0 Å². The quantitative estimate of drug-likeness (QED) is 0.780. The van der Waals surface area contributed by atoms with E-state index in [2.05, 4.69) is 46.8 Å². The summed E-state index contributed by atoms with van der Waals surface area (Å²) in [6.45, 7) is 8.01. The second-order valence-electron chi connectivity index (χ2n) is 4.08. The normalized spacial score (nSPS) is 13.4. The molecule has 0 aliphatic carbocycles. The van der Waals surface area contributed by atoms with Crippen LogP contribution in [0.5, 0.6) is 0 Å². The minimum atomic E-state index is 0.370. The molecule has 1 unspecified atom stereocenters. The maximum absolute atomic E-state index is 5.86. The number of hydrogen-bond acceptors (Lipinski definition) is 2. The minimum Gasteiger partial charge on any atom is -0.297 e. The topological polar surface area (TPSA) is 21.1 Å². The molecule has 0 N–H and O–H groups in total. The Morgan fingerprint density at radius 1 is 1.56 bits per heavy atom. The van der Waals surface area contributed by atoms with E-state index in [1.165, 1.54) is 5.69 Å². The lowest BCUT2D eigenvalue weighted by Gasteiger charge is -2.23. The zero-order valence-corrected chi connectivity index (χ0v) is 12.6. The molecule has 0 aromatic carbocycles. The SMILES string of the molecule is CCn1nc(C)c(Br)c1CN(C)C(C)CCl. The highest BCUT2D eigenvalue weighted by Crippen LogP contribution is 2.22. The number of alkyl halides is 1. The highest BCUT2D eigenvalue weighted by atomic mass is 79.9. The fraction of sp³-hybridized carbons (Fsp3) is 0.727. The maximum Gasteiger partial charge on any atom is 0.0739 e. The Labute approximate surface area is 111 Å². The predicted octanol–water partition coefficient (Wildman–Crippen LogP) is 3.03. The molecule has 0 bridgehead atoms. The molecule has 0 saturated carbocycles. The fourth-order valence-electron chi connectivity index (χ4n) is 1.53. The van der Waals surface area contributed by atoms with Crippen molar-refractivity contribution in [1.82, 2.24) is 14.7 Å². The van der Waals surface area contributed by atoms with Gasteiger partial charge >= 0.3 is 0 Å². The molecule has 0 saturated heterocycles. The number of hydrogen-bond donors (Lipinski definition) is 0. The van der Waals surface area contributed by atoms with Crippen LogP contribution in [0.15, 0.2) is 4.47 Å². The van der Waals surface area contributed by atoms with E-state index >= 15 is 0 Å². The maximum atomic E-state index is 5.86. The van der Waals surface area contributed by atoms with Crippen LogP contribution in [0, 0.1) is 6.92 Å². The van der Waals surface area contributed by atoms with Gasteiger partial charge in [0.25, 0.3) is 0 Å². The zero-order chi connectivity index (χ0) is 12.3. The van der Waals surface area contributed by atoms with Gasteiger partial charge in [-0.15, -0.1) is 11.6 Å². The molecule has 1 aromatic heterocycles. The Morgan fingerprint density at radius 3 is 2.69 bits per heavy atom. The van der Waals surface area contributed by atoms with Crippen LogP contribution in [0.2, 0.25) is 0 Å². The summed E-state index contributed by atoms with van der Waals surface area (Å²) in [6, 6.07) is 0.370. The third-order valence-corrected chi connectivity index (χ3v) is 4.31. The van der Waals surface area contributed by atoms with E-state index in [1.54, 1.807) is 0 Å². The van der Waals surface area contributed by atoms with Gasteiger partial charge in [-0.05, 0) is 43.7 Å². The van der Waals surface area contributed by atoms with Crippen molar-refractivity contribution >= 4 is 27.5 Å². The van der Waals surface area contributed by atoms with E-state index in [9.17, 15) is 0 Å². The predicted molar refractivity (Wildman–Crippen MR) is 72.0 cm³/mol. The molecule has 1 aromatic rings. The summed E-state index contributed by atoms with van der Waals surface area (Å²) in [4.78, 5) is 2.24. The van der Waals surface area contributed by atoms with Crippen LogP contribution in [0.3, 0.4) is 0 Å². The monoisotopic (exact) mass is 307 g/mol. The third kappa shape index (κ3) is 2.99. The molecule has 1 heterocycles. The molecule has 0 radical (unpaired) electrons. The van der Waals surface area contributed by atoms with Crippen LogP contribution in [0.1, 0.15) is 25.2 Å². The van der Waals surface area contributed by atoms with Crippen molar-refractivity contribution in [3.8, 4) is 0 Å². The van der Waals surface area contributed by atoms with Gasteiger partial charge in [-0.3, -0.25) is 9.58 Å². The molecular formula is C11H19BrClN3. The van der Waals surface area contributed by atoms with Gasteiger partial charge in [0, 0.05) is 25.0 Å². The van der Waals surface area contributed by atoms with Gasteiger partial charge in [-0.25, -0.2) is 0 Å². The van der Waals surface area contributed by atoms with Crippen molar-refractivity contribution in [2.75, 3.05) is 12.9 Å². The third-order valence-electron chi connectivity index (χ3n) is 2.83. The van der Waals surface area contributed by atoms with E-state index in [0.717, 1.165) is 23.3 Å². The first-order valence-electron chi connectivity index (χ1n) is 5.49. The Kier molecular flexibility index (Phi) is 5.28. The Bertz CT molecular complexity index is 351. The first kappa shape index (κ1) is 14.0. The van der Waals surface area contributed by atoms with Crippen LogP contribution < -0.4 is 0 Å². The summed E-state index contributed by atoms with van der Waals surface area (Å²) in [7, 11) is 2.09. The summed E-state index contributed by atoms with van der Waals surface area (Å²) in [6.07, 6.45) is 0. The average Bonchev–Trinajstić information content (AvgIpc) is 2.55. The molecule has 16 heavy (non-hydrogen) atoms. The molecule has 1 atom stereocenters. The van der Waals surface area contributed by atoms with Crippen molar-refractivity contribution in [1.29, 1.82) is 0 Å². The van der Waals surface area contributed by atoms with Gasteiger partial charge in [-0.1, -0.05) is 0 Å². The molecule has 92 valence electrons. The van der Waals surface area contributed by atoms with Gasteiger partial charge in [0.2, 0.25) is 0 Å². The Balaban J connectivity index is 2.87. The summed E-state index contributed by atoms with van der Waals surface area (Å²) < 4.78 is 3.15. The first-order valence-corrected chi connectivity index (χ1v) is 6.82. The van der Waals surface area contributed by atoms with E-state index in [0.29, 0.717) is 11.9 Å². The Hall–Kier alpha value is -0.0600. The van der Waals surface area contributed by atoms with Gasteiger partial charge in [0.1, 0.15) is 0 Å². The lowest BCUT2D eigenvalue weighted by atomic mass is 10.3. The lowest BCUT2D eigenvalue weighted by Crippen LogP contribution is -2.30. The zero-order valence-electron chi connectivity index (χ0n) is 10.3. The summed E-state index contributed by atoms with van der Waals surface area (Å²) in [5, 5.41) is 4.48. The van der Waals surface area contributed by atoms with Crippen LogP contribution in [-0.2, 0) is 13.1 Å². The van der Waals surface area contributed by atoms with Gasteiger partial charge in [0.05, 0.1) is 15.9 Å². The van der Waals surface area contributed by atoms with Gasteiger partial charge < -0.3 is 0 Å². The summed E-state index contributed by atoms with van der Waals surface area (Å²) in [5.41, 5.74) is 2.27.